The van der Waals surface area contributed by atoms with Crippen molar-refractivity contribution in [1.82, 2.24) is 4.90 Å². The molecule has 0 saturated heterocycles. The molecule has 0 atom stereocenters. The van der Waals surface area contributed by atoms with Crippen molar-refractivity contribution in [2.24, 2.45) is 0 Å². The zero-order chi connectivity index (χ0) is 14.1. The summed E-state index contributed by atoms with van der Waals surface area (Å²) < 4.78 is 5.33. The van der Waals surface area contributed by atoms with Crippen LogP contribution in [0.2, 0.25) is 0 Å². The molecule has 1 aliphatic carbocycles. The van der Waals surface area contributed by atoms with E-state index in [0.717, 1.165) is 24.2 Å². The third-order valence-electron chi connectivity index (χ3n) is 3.54. The van der Waals surface area contributed by atoms with E-state index in [1.165, 1.54) is 0 Å². The molecule has 1 amide bonds. The lowest BCUT2D eigenvalue weighted by molar-refractivity contribution is 0.0714. The standard InChI is InChI=1S/C16H17NO3/c1-11-4-7-15(18)14(9-11)16(19)17(12-5-6-12)10-13-3-2-8-20-13/h2-4,7-9,12,18H,5-6,10H2,1H3. The highest BCUT2D eigenvalue weighted by molar-refractivity contribution is 5.97. The molecule has 1 N–H and O–H groups in total. The Morgan fingerprint density at radius 1 is 1.40 bits per heavy atom. The van der Waals surface area contributed by atoms with Gasteiger partial charge < -0.3 is 14.4 Å². The van der Waals surface area contributed by atoms with Gasteiger partial charge in [-0.15, -0.1) is 0 Å². The summed E-state index contributed by atoms with van der Waals surface area (Å²) in [5, 5.41) is 9.91. The lowest BCUT2D eigenvalue weighted by atomic mass is 10.1. The van der Waals surface area contributed by atoms with Crippen LogP contribution in [0.1, 0.15) is 34.5 Å². The number of carbonyl (C=O) groups is 1. The first-order valence-electron chi connectivity index (χ1n) is 6.78. The third kappa shape index (κ3) is 2.54. The average molecular weight is 271 g/mol. The maximum atomic E-state index is 12.6. The first kappa shape index (κ1) is 12.8. The van der Waals surface area contributed by atoms with Gasteiger partial charge >= 0.3 is 0 Å². The summed E-state index contributed by atoms with van der Waals surface area (Å²) in [7, 11) is 0. The number of hydrogen-bond acceptors (Lipinski definition) is 3. The average Bonchev–Trinajstić information content (AvgIpc) is 3.15. The molecule has 0 spiro atoms. The van der Waals surface area contributed by atoms with Crippen molar-refractivity contribution < 1.29 is 14.3 Å². The number of carbonyl (C=O) groups excluding carboxylic acids is 1. The summed E-state index contributed by atoms with van der Waals surface area (Å²) in [4.78, 5) is 14.4. The van der Waals surface area contributed by atoms with Gasteiger partial charge in [0.2, 0.25) is 0 Å². The number of aromatic hydroxyl groups is 1. The fourth-order valence-corrected chi connectivity index (χ4v) is 2.30. The van der Waals surface area contributed by atoms with Crippen molar-refractivity contribution >= 4 is 5.91 Å². The van der Waals surface area contributed by atoms with Crippen LogP contribution in [0.15, 0.2) is 41.0 Å². The number of nitrogens with zero attached hydrogens (tertiary/aromatic N) is 1. The van der Waals surface area contributed by atoms with Crippen molar-refractivity contribution in [1.29, 1.82) is 0 Å². The Bertz CT molecular complexity index is 615. The molecule has 1 aliphatic rings. The number of rotatable bonds is 4. The molecule has 0 unspecified atom stereocenters. The molecule has 104 valence electrons. The van der Waals surface area contributed by atoms with Gasteiger partial charge in [0.05, 0.1) is 18.4 Å². The summed E-state index contributed by atoms with van der Waals surface area (Å²) in [5.74, 6) is 0.660. The van der Waals surface area contributed by atoms with E-state index < -0.39 is 0 Å². The highest BCUT2D eigenvalue weighted by atomic mass is 16.3. The molecule has 1 aromatic heterocycles. The fourth-order valence-electron chi connectivity index (χ4n) is 2.30. The lowest BCUT2D eigenvalue weighted by Crippen LogP contribution is -2.32. The van der Waals surface area contributed by atoms with E-state index >= 15 is 0 Å². The van der Waals surface area contributed by atoms with Crippen LogP contribution in [-0.4, -0.2) is 22.0 Å². The zero-order valence-corrected chi connectivity index (χ0v) is 11.4. The van der Waals surface area contributed by atoms with Gasteiger partial charge in [0, 0.05) is 6.04 Å². The highest BCUT2D eigenvalue weighted by Gasteiger charge is 2.34. The van der Waals surface area contributed by atoms with E-state index in [1.54, 1.807) is 29.4 Å². The largest absolute Gasteiger partial charge is 0.507 e. The molecule has 1 fully saturated rings. The van der Waals surface area contributed by atoms with Gasteiger partial charge in [0.15, 0.2) is 0 Å². The molecule has 20 heavy (non-hydrogen) atoms. The second-order valence-electron chi connectivity index (χ2n) is 5.26. The predicted octanol–water partition coefficient (Wildman–Crippen LogP) is 3.10. The highest BCUT2D eigenvalue weighted by Crippen LogP contribution is 2.31. The fraction of sp³-hybridized carbons (Fsp3) is 0.312. The molecule has 4 nitrogen and oxygen atoms in total. The van der Waals surface area contributed by atoms with E-state index in [0.29, 0.717) is 12.1 Å². The Hall–Kier alpha value is -2.23. The summed E-state index contributed by atoms with van der Waals surface area (Å²) in [6.45, 7) is 2.36. The summed E-state index contributed by atoms with van der Waals surface area (Å²) in [6.07, 6.45) is 3.63. The molecule has 0 aliphatic heterocycles. The third-order valence-corrected chi connectivity index (χ3v) is 3.54. The van der Waals surface area contributed by atoms with Crippen LogP contribution in [0.3, 0.4) is 0 Å². The van der Waals surface area contributed by atoms with Crippen LogP contribution in [0, 0.1) is 6.92 Å². The van der Waals surface area contributed by atoms with Gasteiger partial charge in [0.1, 0.15) is 11.5 Å². The number of furan rings is 1. The van der Waals surface area contributed by atoms with Crippen LogP contribution in [0.5, 0.6) is 5.75 Å². The van der Waals surface area contributed by atoms with Gasteiger partial charge in [-0.05, 0) is 44.0 Å². The van der Waals surface area contributed by atoms with Crippen molar-refractivity contribution in [3.8, 4) is 5.75 Å². The van der Waals surface area contributed by atoms with Crippen LogP contribution < -0.4 is 0 Å². The molecule has 1 heterocycles. The lowest BCUT2D eigenvalue weighted by Gasteiger charge is -2.22. The maximum absolute atomic E-state index is 12.6. The van der Waals surface area contributed by atoms with Crippen molar-refractivity contribution in [3.63, 3.8) is 0 Å². The van der Waals surface area contributed by atoms with E-state index in [4.69, 9.17) is 4.42 Å². The second-order valence-corrected chi connectivity index (χ2v) is 5.26. The first-order chi connectivity index (χ1) is 9.65. The van der Waals surface area contributed by atoms with E-state index in [9.17, 15) is 9.90 Å². The summed E-state index contributed by atoms with van der Waals surface area (Å²) in [6, 6.07) is 9.02. The molecular weight excluding hydrogens is 254 g/mol. The van der Waals surface area contributed by atoms with Gasteiger partial charge in [-0.25, -0.2) is 0 Å². The van der Waals surface area contributed by atoms with Crippen LogP contribution in [-0.2, 0) is 6.54 Å². The molecular formula is C16H17NO3. The zero-order valence-electron chi connectivity index (χ0n) is 11.4. The van der Waals surface area contributed by atoms with Gasteiger partial charge in [-0.3, -0.25) is 4.79 Å². The monoisotopic (exact) mass is 271 g/mol. The molecule has 1 aromatic carbocycles. The van der Waals surface area contributed by atoms with Crippen LogP contribution >= 0.6 is 0 Å². The molecule has 2 aromatic rings. The first-order valence-corrected chi connectivity index (χ1v) is 6.78. The summed E-state index contributed by atoms with van der Waals surface area (Å²) >= 11 is 0. The number of phenolic OH excluding ortho intramolecular Hbond substituents is 1. The predicted molar refractivity (Wildman–Crippen MR) is 74.4 cm³/mol. The van der Waals surface area contributed by atoms with Crippen molar-refractivity contribution in [2.75, 3.05) is 0 Å². The number of benzene rings is 1. The Kier molecular flexibility index (Phi) is 3.22. The Labute approximate surface area is 117 Å². The number of hydrogen-bond donors (Lipinski definition) is 1. The minimum absolute atomic E-state index is 0.0331. The maximum Gasteiger partial charge on any atom is 0.258 e. The van der Waals surface area contributed by atoms with Gasteiger partial charge in [-0.2, -0.15) is 0 Å². The summed E-state index contributed by atoms with van der Waals surface area (Å²) in [5.41, 5.74) is 1.32. The molecule has 4 heteroatoms. The smallest absolute Gasteiger partial charge is 0.258 e. The van der Waals surface area contributed by atoms with Crippen molar-refractivity contribution in [2.45, 2.75) is 32.4 Å². The van der Waals surface area contributed by atoms with E-state index in [-0.39, 0.29) is 17.7 Å². The Morgan fingerprint density at radius 2 is 2.20 bits per heavy atom. The topological polar surface area (TPSA) is 53.7 Å². The minimum Gasteiger partial charge on any atom is -0.507 e. The number of phenols is 1. The van der Waals surface area contributed by atoms with Crippen LogP contribution in [0.25, 0.3) is 0 Å². The SMILES string of the molecule is Cc1ccc(O)c(C(=O)N(Cc2ccco2)C2CC2)c1. The molecule has 0 bridgehead atoms. The molecule has 0 radical (unpaired) electrons. The van der Waals surface area contributed by atoms with Crippen LogP contribution in [0.4, 0.5) is 0 Å². The quantitative estimate of drug-likeness (QED) is 0.929. The van der Waals surface area contributed by atoms with E-state index in [1.807, 2.05) is 19.1 Å². The van der Waals surface area contributed by atoms with Crippen molar-refractivity contribution in [3.05, 3.63) is 53.5 Å². The van der Waals surface area contributed by atoms with Gasteiger partial charge in [0.25, 0.3) is 5.91 Å². The number of amides is 1. The van der Waals surface area contributed by atoms with E-state index in [2.05, 4.69) is 0 Å². The normalized spacial score (nSPS) is 14.2. The Balaban J connectivity index is 1.87. The minimum atomic E-state index is -0.134. The second kappa shape index (κ2) is 5.04. The Morgan fingerprint density at radius 3 is 2.85 bits per heavy atom. The molecule has 1 saturated carbocycles. The molecule has 3 rings (SSSR count). The van der Waals surface area contributed by atoms with Gasteiger partial charge in [-0.1, -0.05) is 11.6 Å². The number of aryl methyl sites for hydroxylation is 1.